The number of carbonyl (C=O) groups is 1. The van der Waals surface area contributed by atoms with E-state index in [9.17, 15) is 10.1 Å². The van der Waals surface area contributed by atoms with Crippen molar-refractivity contribution in [3.8, 4) is 6.07 Å². The Labute approximate surface area is 110 Å². The SMILES string of the molecule is CNC1(C#N)CCC(C(=O)N(C)CC(C)C)CC1. The molecule has 18 heavy (non-hydrogen) atoms. The third-order valence-corrected chi connectivity index (χ3v) is 3.90. The van der Waals surface area contributed by atoms with Gasteiger partial charge in [-0.1, -0.05) is 13.8 Å². The molecule has 4 heteroatoms. The van der Waals surface area contributed by atoms with E-state index in [-0.39, 0.29) is 11.8 Å². The maximum absolute atomic E-state index is 12.2. The van der Waals surface area contributed by atoms with Gasteiger partial charge >= 0.3 is 0 Å². The highest BCUT2D eigenvalue weighted by molar-refractivity contribution is 5.78. The van der Waals surface area contributed by atoms with Gasteiger partial charge in [-0.25, -0.2) is 0 Å². The number of rotatable bonds is 4. The van der Waals surface area contributed by atoms with Crippen molar-refractivity contribution < 1.29 is 4.79 Å². The zero-order valence-corrected chi connectivity index (χ0v) is 12.0. The monoisotopic (exact) mass is 251 g/mol. The third-order valence-electron chi connectivity index (χ3n) is 3.90. The summed E-state index contributed by atoms with van der Waals surface area (Å²) in [5.74, 6) is 0.841. The first-order valence-electron chi connectivity index (χ1n) is 6.79. The Bertz CT molecular complexity index is 324. The van der Waals surface area contributed by atoms with Crippen LogP contribution in [0.4, 0.5) is 0 Å². The molecule has 1 rings (SSSR count). The quantitative estimate of drug-likeness (QED) is 0.828. The molecule has 1 saturated carbocycles. The molecule has 0 radical (unpaired) electrons. The van der Waals surface area contributed by atoms with Crippen LogP contribution in [0, 0.1) is 23.2 Å². The topological polar surface area (TPSA) is 56.1 Å². The van der Waals surface area contributed by atoms with E-state index in [4.69, 9.17) is 0 Å². The minimum absolute atomic E-state index is 0.101. The number of carbonyl (C=O) groups excluding carboxylic acids is 1. The number of hydrogen-bond acceptors (Lipinski definition) is 3. The van der Waals surface area contributed by atoms with Crippen LogP contribution in [0.1, 0.15) is 39.5 Å². The van der Waals surface area contributed by atoms with Gasteiger partial charge in [0.05, 0.1) is 6.07 Å². The molecule has 4 nitrogen and oxygen atoms in total. The van der Waals surface area contributed by atoms with Crippen molar-refractivity contribution in [3.63, 3.8) is 0 Å². The van der Waals surface area contributed by atoms with E-state index in [1.807, 2.05) is 19.0 Å². The normalized spacial score (nSPS) is 27.9. The van der Waals surface area contributed by atoms with Crippen LogP contribution in [0.25, 0.3) is 0 Å². The summed E-state index contributed by atoms with van der Waals surface area (Å²) in [7, 11) is 3.71. The molecule has 0 heterocycles. The molecule has 1 aliphatic carbocycles. The van der Waals surface area contributed by atoms with Crippen LogP contribution in [0.5, 0.6) is 0 Å². The summed E-state index contributed by atoms with van der Waals surface area (Å²) >= 11 is 0. The summed E-state index contributed by atoms with van der Waals surface area (Å²) in [4.78, 5) is 14.1. The number of nitriles is 1. The second-order valence-corrected chi connectivity index (χ2v) is 5.83. The molecule has 1 fully saturated rings. The van der Waals surface area contributed by atoms with Crippen LogP contribution in [-0.4, -0.2) is 37.0 Å². The summed E-state index contributed by atoms with van der Waals surface area (Å²) in [5, 5.41) is 12.3. The molecular weight excluding hydrogens is 226 g/mol. The highest BCUT2D eigenvalue weighted by Crippen LogP contribution is 2.32. The van der Waals surface area contributed by atoms with Crippen molar-refractivity contribution >= 4 is 5.91 Å². The van der Waals surface area contributed by atoms with Crippen LogP contribution in [0.2, 0.25) is 0 Å². The fourth-order valence-electron chi connectivity index (χ4n) is 2.72. The number of nitrogens with one attached hydrogen (secondary N) is 1. The van der Waals surface area contributed by atoms with E-state index in [0.717, 1.165) is 32.2 Å². The second-order valence-electron chi connectivity index (χ2n) is 5.83. The summed E-state index contributed by atoms with van der Waals surface area (Å²) in [6, 6.07) is 2.35. The molecule has 0 aliphatic heterocycles. The summed E-state index contributed by atoms with van der Waals surface area (Å²) in [5.41, 5.74) is -0.409. The first-order valence-corrected chi connectivity index (χ1v) is 6.79. The maximum atomic E-state index is 12.2. The molecule has 1 aliphatic rings. The summed E-state index contributed by atoms with van der Waals surface area (Å²) < 4.78 is 0. The van der Waals surface area contributed by atoms with E-state index < -0.39 is 5.54 Å². The van der Waals surface area contributed by atoms with Crippen molar-refractivity contribution in [1.29, 1.82) is 5.26 Å². The van der Waals surface area contributed by atoms with Gasteiger partial charge in [-0.15, -0.1) is 0 Å². The first kappa shape index (κ1) is 15.0. The van der Waals surface area contributed by atoms with Gasteiger partial charge in [0.15, 0.2) is 0 Å². The van der Waals surface area contributed by atoms with E-state index >= 15 is 0 Å². The summed E-state index contributed by atoms with van der Waals surface area (Å²) in [6.07, 6.45) is 3.17. The fourth-order valence-corrected chi connectivity index (χ4v) is 2.72. The molecule has 0 atom stereocenters. The van der Waals surface area contributed by atoms with Crippen molar-refractivity contribution in [2.24, 2.45) is 11.8 Å². The Morgan fingerprint density at radius 3 is 2.44 bits per heavy atom. The van der Waals surface area contributed by atoms with Gasteiger partial charge in [-0.05, 0) is 38.6 Å². The number of amides is 1. The van der Waals surface area contributed by atoms with Crippen molar-refractivity contribution in [1.82, 2.24) is 10.2 Å². The maximum Gasteiger partial charge on any atom is 0.225 e. The average Bonchev–Trinajstić information content (AvgIpc) is 2.37. The first-order chi connectivity index (χ1) is 8.44. The van der Waals surface area contributed by atoms with Crippen LogP contribution >= 0.6 is 0 Å². The Kier molecular flexibility index (Phi) is 5.15. The molecule has 0 aromatic carbocycles. The predicted octanol–water partition coefficient (Wildman–Crippen LogP) is 1.77. The molecule has 0 aromatic rings. The number of hydrogen-bond donors (Lipinski definition) is 1. The lowest BCUT2D eigenvalue weighted by Crippen LogP contribution is -2.47. The van der Waals surface area contributed by atoms with Gasteiger partial charge < -0.3 is 10.2 Å². The van der Waals surface area contributed by atoms with E-state index in [1.165, 1.54) is 0 Å². The average molecular weight is 251 g/mol. The van der Waals surface area contributed by atoms with Crippen molar-refractivity contribution in [3.05, 3.63) is 0 Å². The van der Waals surface area contributed by atoms with Gasteiger partial charge in [0.2, 0.25) is 5.91 Å². The highest BCUT2D eigenvalue weighted by Gasteiger charge is 2.37. The van der Waals surface area contributed by atoms with E-state index in [1.54, 1.807) is 0 Å². The number of nitrogens with zero attached hydrogens (tertiary/aromatic N) is 2. The van der Waals surface area contributed by atoms with Crippen LogP contribution in [-0.2, 0) is 4.79 Å². The Morgan fingerprint density at radius 1 is 1.50 bits per heavy atom. The minimum Gasteiger partial charge on any atom is -0.345 e. The zero-order valence-electron chi connectivity index (χ0n) is 12.0. The Morgan fingerprint density at radius 2 is 2.06 bits per heavy atom. The standard InChI is InChI=1S/C14H25N3O/c1-11(2)9-17(4)13(18)12-5-7-14(10-15,16-3)8-6-12/h11-12,16H,5-9H2,1-4H3. The highest BCUT2D eigenvalue weighted by atomic mass is 16.2. The van der Waals surface area contributed by atoms with Crippen molar-refractivity contribution in [2.75, 3.05) is 20.6 Å². The van der Waals surface area contributed by atoms with Gasteiger partial charge in [0, 0.05) is 19.5 Å². The fraction of sp³-hybridized carbons (Fsp3) is 0.857. The molecular formula is C14H25N3O. The molecule has 1 N–H and O–H groups in total. The van der Waals surface area contributed by atoms with Gasteiger partial charge in [0.1, 0.15) is 5.54 Å². The van der Waals surface area contributed by atoms with Gasteiger partial charge in [-0.2, -0.15) is 5.26 Å². The van der Waals surface area contributed by atoms with Crippen molar-refractivity contribution in [2.45, 2.75) is 45.1 Å². The Balaban J connectivity index is 2.53. The molecule has 0 saturated heterocycles. The second kappa shape index (κ2) is 6.19. The van der Waals surface area contributed by atoms with Gasteiger partial charge in [0.25, 0.3) is 0 Å². The molecule has 0 spiro atoms. The lowest BCUT2D eigenvalue weighted by Gasteiger charge is -2.35. The predicted molar refractivity (Wildman–Crippen MR) is 71.8 cm³/mol. The molecule has 1 amide bonds. The zero-order chi connectivity index (χ0) is 13.8. The lowest BCUT2D eigenvalue weighted by molar-refractivity contribution is -0.136. The summed E-state index contributed by atoms with van der Waals surface area (Å²) in [6.45, 7) is 5.05. The smallest absolute Gasteiger partial charge is 0.225 e. The van der Waals surface area contributed by atoms with Crippen LogP contribution < -0.4 is 5.32 Å². The third kappa shape index (κ3) is 3.46. The molecule has 0 bridgehead atoms. The van der Waals surface area contributed by atoms with Gasteiger partial charge in [-0.3, -0.25) is 4.79 Å². The van der Waals surface area contributed by atoms with Crippen LogP contribution in [0.3, 0.4) is 0 Å². The van der Waals surface area contributed by atoms with E-state index in [0.29, 0.717) is 5.92 Å². The lowest BCUT2D eigenvalue weighted by atomic mass is 9.77. The molecule has 102 valence electrons. The Hall–Kier alpha value is -1.08. The molecule has 0 unspecified atom stereocenters. The molecule has 0 aromatic heterocycles. The minimum atomic E-state index is -0.409. The largest absolute Gasteiger partial charge is 0.345 e. The van der Waals surface area contributed by atoms with Crippen LogP contribution in [0.15, 0.2) is 0 Å². The van der Waals surface area contributed by atoms with E-state index in [2.05, 4.69) is 25.2 Å².